The fourth-order valence-corrected chi connectivity index (χ4v) is 2.97. The topological polar surface area (TPSA) is 28.7 Å². The summed E-state index contributed by atoms with van der Waals surface area (Å²) in [6.07, 6.45) is 2.13. The molecule has 0 amide bonds. The number of thioether (sulfide) groups is 1. The van der Waals surface area contributed by atoms with E-state index in [9.17, 15) is 0 Å². The van der Waals surface area contributed by atoms with Crippen LogP contribution in [0, 0.1) is 0 Å². The molecule has 0 aliphatic heterocycles. The third-order valence-corrected chi connectivity index (χ3v) is 4.21. The monoisotopic (exact) mass is 292 g/mol. The van der Waals surface area contributed by atoms with Crippen molar-refractivity contribution in [3.8, 4) is 0 Å². The van der Waals surface area contributed by atoms with Crippen LogP contribution in [0.1, 0.15) is 11.3 Å². The summed E-state index contributed by atoms with van der Waals surface area (Å²) in [7, 11) is 0. The Morgan fingerprint density at radius 2 is 1.67 bits per heavy atom. The normalized spacial score (nSPS) is 11.7. The first-order chi connectivity index (χ1) is 10.3. The molecule has 0 aliphatic rings. The molecule has 0 bridgehead atoms. The molecule has 1 aromatic heterocycles. The van der Waals surface area contributed by atoms with Gasteiger partial charge in [-0.25, -0.2) is 0 Å². The molecule has 0 unspecified atom stereocenters. The molecule has 0 saturated heterocycles. The van der Waals surface area contributed by atoms with Gasteiger partial charge < -0.3 is 0 Å². The van der Waals surface area contributed by atoms with Gasteiger partial charge in [-0.2, -0.15) is 5.10 Å². The Kier molecular flexibility index (Phi) is 4.22. The zero-order valence-corrected chi connectivity index (χ0v) is 12.4. The van der Waals surface area contributed by atoms with E-state index in [0.717, 1.165) is 27.6 Å². The van der Waals surface area contributed by atoms with Crippen LogP contribution in [-0.4, -0.2) is 10.2 Å². The highest BCUT2D eigenvalue weighted by Crippen LogP contribution is 2.19. The van der Waals surface area contributed by atoms with Gasteiger partial charge in [0.2, 0.25) is 0 Å². The average molecular weight is 292 g/mol. The van der Waals surface area contributed by atoms with Gasteiger partial charge in [0, 0.05) is 15.9 Å². The van der Waals surface area contributed by atoms with E-state index in [1.807, 2.05) is 24.3 Å². The number of hydrogen-bond donors (Lipinski definition) is 1. The number of aromatic nitrogens is 2. The molecule has 0 spiro atoms. The number of nitrogens with one attached hydrogen (secondary N) is 1. The van der Waals surface area contributed by atoms with E-state index in [1.165, 1.54) is 4.90 Å². The van der Waals surface area contributed by atoms with Crippen molar-refractivity contribution in [1.82, 2.24) is 10.2 Å². The second kappa shape index (κ2) is 6.46. The van der Waals surface area contributed by atoms with Gasteiger partial charge in [0.25, 0.3) is 0 Å². The van der Waals surface area contributed by atoms with Crippen molar-refractivity contribution >= 4 is 24.4 Å². The Balaban J connectivity index is 1.88. The number of nitrogens with zero attached hydrogens (tertiary/aromatic N) is 1. The summed E-state index contributed by atoms with van der Waals surface area (Å²) in [5.74, 6) is 0.828. The van der Waals surface area contributed by atoms with Gasteiger partial charge in [-0.1, -0.05) is 55.1 Å². The van der Waals surface area contributed by atoms with E-state index < -0.39 is 0 Å². The second-order valence-electron chi connectivity index (χ2n) is 4.72. The predicted molar refractivity (Wildman–Crippen MR) is 89.4 cm³/mol. The van der Waals surface area contributed by atoms with Crippen molar-refractivity contribution in [2.75, 3.05) is 0 Å². The van der Waals surface area contributed by atoms with Gasteiger partial charge >= 0.3 is 0 Å². The van der Waals surface area contributed by atoms with Crippen molar-refractivity contribution in [1.29, 1.82) is 0 Å². The molecule has 0 fully saturated rings. The summed E-state index contributed by atoms with van der Waals surface area (Å²) in [5.41, 5.74) is 2.20. The Bertz CT molecular complexity index is 807. The summed E-state index contributed by atoms with van der Waals surface area (Å²) >= 11 is 1.78. The SMILES string of the molecule is C=c1[nH]nc(CSc2ccccc2)/c1=C\c1ccccc1. The Morgan fingerprint density at radius 1 is 1.00 bits per heavy atom. The van der Waals surface area contributed by atoms with Crippen LogP contribution in [0.4, 0.5) is 0 Å². The summed E-state index contributed by atoms with van der Waals surface area (Å²) in [5, 5.41) is 9.33. The molecule has 3 aromatic rings. The zero-order valence-electron chi connectivity index (χ0n) is 11.6. The zero-order chi connectivity index (χ0) is 14.5. The summed E-state index contributed by atoms with van der Waals surface area (Å²) < 4.78 is 0. The maximum atomic E-state index is 4.39. The summed E-state index contributed by atoms with van der Waals surface area (Å²) in [4.78, 5) is 1.25. The third-order valence-electron chi connectivity index (χ3n) is 3.19. The average Bonchev–Trinajstić information content (AvgIpc) is 2.88. The molecule has 1 N–H and O–H groups in total. The van der Waals surface area contributed by atoms with E-state index in [-0.39, 0.29) is 0 Å². The van der Waals surface area contributed by atoms with Crippen LogP contribution in [0.2, 0.25) is 0 Å². The van der Waals surface area contributed by atoms with Crippen LogP contribution in [0.25, 0.3) is 12.7 Å². The fraction of sp³-hybridized carbons (Fsp3) is 0.0556. The standard InChI is InChI=1S/C18H16N2S/c1-14-17(12-15-8-4-2-5-9-15)18(20-19-14)13-21-16-10-6-3-7-11-16/h2-12,19H,1,13H2/b17-12-. The first kappa shape index (κ1) is 13.7. The van der Waals surface area contributed by atoms with Crippen LogP contribution in [-0.2, 0) is 5.75 Å². The van der Waals surface area contributed by atoms with Gasteiger partial charge in [-0.15, -0.1) is 11.8 Å². The lowest BCUT2D eigenvalue weighted by molar-refractivity contribution is 1.02. The van der Waals surface area contributed by atoms with Crippen LogP contribution < -0.4 is 10.6 Å². The fourth-order valence-electron chi connectivity index (χ4n) is 2.09. The minimum Gasteiger partial charge on any atom is -0.278 e. The molecular formula is C18H16N2S. The third kappa shape index (κ3) is 3.44. The van der Waals surface area contributed by atoms with E-state index >= 15 is 0 Å². The molecule has 3 rings (SSSR count). The minimum atomic E-state index is 0.828. The highest BCUT2D eigenvalue weighted by Gasteiger charge is 2.02. The predicted octanol–water partition coefficient (Wildman–Crippen LogP) is 2.94. The maximum absolute atomic E-state index is 4.39. The maximum Gasteiger partial charge on any atom is 0.0803 e. The van der Waals surface area contributed by atoms with E-state index in [0.29, 0.717) is 0 Å². The highest BCUT2D eigenvalue weighted by atomic mass is 32.2. The first-order valence-electron chi connectivity index (χ1n) is 6.80. The quantitative estimate of drug-likeness (QED) is 0.749. The van der Waals surface area contributed by atoms with Crippen LogP contribution >= 0.6 is 11.8 Å². The number of rotatable bonds is 4. The van der Waals surface area contributed by atoms with Crippen molar-refractivity contribution in [3.63, 3.8) is 0 Å². The molecule has 0 aliphatic carbocycles. The summed E-state index contributed by atoms with van der Waals surface area (Å²) in [6.45, 7) is 4.03. The molecule has 3 heteroatoms. The van der Waals surface area contributed by atoms with E-state index in [4.69, 9.17) is 0 Å². The van der Waals surface area contributed by atoms with Crippen molar-refractivity contribution < 1.29 is 0 Å². The van der Waals surface area contributed by atoms with E-state index in [1.54, 1.807) is 11.8 Å². The van der Waals surface area contributed by atoms with E-state index in [2.05, 4.69) is 59.3 Å². The number of benzene rings is 2. The van der Waals surface area contributed by atoms with Gasteiger partial charge in [0.15, 0.2) is 0 Å². The molecule has 0 radical (unpaired) electrons. The van der Waals surface area contributed by atoms with Gasteiger partial charge in [-0.3, -0.25) is 5.10 Å². The van der Waals surface area contributed by atoms with Gasteiger partial charge in [0.05, 0.1) is 11.0 Å². The lowest BCUT2D eigenvalue weighted by Crippen LogP contribution is -2.23. The minimum absolute atomic E-state index is 0.828. The van der Waals surface area contributed by atoms with Crippen molar-refractivity contribution in [2.45, 2.75) is 10.6 Å². The lowest BCUT2D eigenvalue weighted by atomic mass is 10.2. The molecular weight excluding hydrogens is 276 g/mol. The number of H-pyrrole nitrogens is 1. The highest BCUT2D eigenvalue weighted by molar-refractivity contribution is 7.98. The van der Waals surface area contributed by atoms with Gasteiger partial charge in [0.1, 0.15) is 0 Å². The molecule has 0 saturated carbocycles. The molecule has 104 valence electrons. The Morgan fingerprint density at radius 3 is 2.38 bits per heavy atom. The Hall–Kier alpha value is -2.26. The number of hydrogen-bond acceptors (Lipinski definition) is 2. The lowest BCUT2D eigenvalue weighted by Gasteiger charge is -1.98. The summed E-state index contributed by atoms with van der Waals surface area (Å²) in [6, 6.07) is 20.6. The van der Waals surface area contributed by atoms with Crippen molar-refractivity contribution in [3.05, 3.63) is 82.5 Å². The molecule has 0 atom stereocenters. The largest absolute Gasteiger partial charge is 0.278 e. The first-order valence-corrected chi connectivity index (χ1v) is 7.78. The van der Waals surface area contributed by atoms with Gasteiger partial charge in [-0.05, 0) is 23.8 Å². The Labute approximate surface area is 128 Å². The second-order valence-corrected chi connectivity index (χ2v) is 5.77. The van der Waals surface area contributed by atoms with Crippen molar-refractivity contribution in [2.24, 2.45) is 0 Å². The number of aromatic amines is 1. The molecule has 2 nitrogen and oxygen atoms in total. The van der Waals surface area contributed by atoms with Crippen LogP contribution in [0.5, 0.6) is 0 Å². The van der Waals surface area contributed by atoms with Crippen LogP contribution in [0.15, 0.2) is 65.6 Å². The van der Waals surface area contributed by atoms with Crippen LogP contribution in [0.3, 0.4) is 0 Å². The molecule has 21 heavy (non-hydrogen) atoms. The molecule has 2 aromatic carbocycles. The smallest absolute Gasteiger partial charge is 0.0803 e. The molecule has 1 heterocycles.